The summed E-state index contributed by atoms with van der Waals surface area (Å²) < 4.78 is 19.3. The average molecular weight is 358 g/mol. The van der Waals surface area contributed by atoms with Crippen molar-refractivity contribution in [3.05, 3.63) is 48.4 Å². The molecule has 0 aliphatic carbocycles. The molecule has 134 valence electrons. The van der Waals surface area contributed by atoms with Gasteiger partial charge in [-0.2, -0.15) is 10.1 Å². The Balaban J connectivity index is 1.52. The Morgan fingerprint density at radius 1 is 1.27 bits per heavy atom. The molecule has 1 aromatic carbocycles. The molecule has 3 rings (SSSR count). The highest BCUT2D eigenvalue weighted by molar-refractivity contribution is 5.90. The topological polar surface area (TPSA) is 129 Å². The molecule has 0 radical (unpaired) electrons. The second kappa shape index (κ2) is 7.55. The first kappa shape index (κ1) is 17.3. The first-order chi connectivity index (χ1) is 12.5. The van der Waals surface area contributed by atoms with Crippen molar-refractivity contribution in [2.45, 2.75) is 19.4 Å². The smallest absolute Gasteiger partial charge is 0.239 e. The number of nitrogens with one attached hydrogen (secondary N) is 1. The van der Waals surface area contributed by atoms with Gasteiger partial charge >= 0.3 is 0 Å². The van der Waals surface area contributed by atoms with Crippen LogP contribution in [0.25, 0.3) is 11.4 Å². The minimum absolute atomic E-state index is 0.0655. The standard InChI is InChI=1S/C16H15FN6O3/c17-11-3-1-10(2-4-11)16-21-15(26-22-16)6-5-14(25)20-12-7-19-23(8-12)9-13(18)24/h1-4,7-8H,5-6,9H2,(H2,18,24)(H,20,25). The zero-order valence-corrected chi connectivity index (χ0v) is 13.6. The summed E-state index contributed by atoms with van der Waals surface area (Å²) in [6.45, 7) is -0.0655. The number of carbonyl (C=O) groups is 2. The van der Waals surface area contributed by atoms with E-state index < -0.39 is 5.91 Å². The first-order valence-electron chi connectivity index (χ1n) is 7.69. The van der Waals surface area contributed by atoms with Gasteiger partial charge < -0.3 is 15.6 Å². The number of hydrogen-bond donors (Lipinski definition) is 2. The van der Waals surface area contributed by atoms with Crippen LogP contribution in [0.1, 0.15) is 12.3 Å². The Morgan fingerprint density at radius 2 is 2.04 bits per heavy atom. The lowest BCUT2D eigenvalue weighted by molar-refractivity contribution is -0.118. The molecule has 9 nitrogen and oxygen atoms in total. The second-order valence-corrected chi connectivity index (χ2v) is 5.46. The maximum Gasteiger partial charge on any atom is 0.239 e. The highest BCUT2D eigenvalue weighted by Crippen LogP contribution is 2.16. The maximum atomic E-state index is 12.9. The second-order valence-electron chi connectivity index (χ2n) is 5.46. The summed E-state index contributed by atoms with van der Waals surface area (Å²) in [6, 6.07) is 5.69. The molecule has 0 fully saturated rings. The number of aromatic nitrogens is 4. The van der Waals surface area contributed by atoms with Crippen LogP contribution in [-0.4, -0.2) is 31.7 Å². The van der Waals surface area contributed by atoms with Crippen molar-refractivity contribution in [3.8, 4) is 11.4 Å². The van der Waals surface area contributed by atoms with Gasteiger partial charge in [-0.25, -0.2) is 4.39 Å². The van der Waals surface area contributed by atoms with E-state index in [0.717, 1.165) is 0 Å². The van der Waals surface area contributed by atoms with E-state index in [4.69, 9.17) is 10.3 Å². The van der Waals surface area contributed by atoms with E-state index in [1.165, 1.54) is 29.2 Å². The van der Waals surface area contributed by atoms with Gasteiger partial charge in [0.2, 0.25) is 23.5 Å². The number of halogens is 1. The fraction of sp³-hybridized carbons (Fsp3) is 0.188. The molecule has 0 spiro atoms. The molecule has 3 aromatic rings. The number of anilines is 1. The number of nitrogens with zero attached hydrogens (tertiary/aromatic N) is 4. The molecule has 0 atom stereocenters. The molecule has 2 amide bonds. The van der Waals surface area contributed by atoms with Crippen molar-refractivity contribution in [2.75, 3.05) is 5.32 Å². The monoisotopic (exact) mass is 358 g/mol. The van der Waals surface area contributed by atoms with Gasteiger partial charge in [-0.1, -0.05) is 5.16 Å². The Labute approximate surface area is 147 Å². The third-order valence-corrected chi connectivity index (χ3v) is 3.37. The highest BCUT2D eigenvalue weighted by Gasteiger charge is 2.12. The Bertz CT molecular complexity index is 918. The minimum atomic E-state index is -0.528. The van der Waals surface area contributed by atoms with Crippen LogP contribution < -0.4 is 11.1 Å². The van der Waals surface area contributed by atoms with E-state index in [-0.39, 0.29) is 31.1 Å². The number of aryl methyl sites for hydroxylation is 1. The third-order valence-electron chi connectivity index (χ3n) is 3.37. The van der Waals surface area contributed by atoms with Crippen LogP contribution in [0.4, 0.5) is 10.1 Å². The van der Waals surface area contributed by atoms with E-state index in [1.54, 1.807) is 12.1 Å². The molecular weight excluding hydrogens is 343 g/mol. The summed E-state index contributed by atoms with van der Waals surface area (Å²) >= 11 is 0. The normalized spacial score (nSPS) is 10.7. The lowest BCUT2D eigenvalue weighted by Crippen LogP contribution is -2.18. The molecule has 0 unspecified atom stereocenters. The van der Waals surface area contributed by atoms with Crippen LogP contribution in [0.2, 0.25) is 0 Å². The summed E-state index contributed by atoms with van der Waals surface area (Å²) in [4.78, 5) is 27.0. The van der Waals surface area contributed by atoms with Gasteiger partial charge in [0.1, 0.15) is 12.4 Å². The molecule has 3 N–H and O–H groups in total. The molecular formula is C16H15FN6O3. The highest BCUT2D eigenvalue weighted by atomic mass is 19.1. The van der Waals surface area contributed by atoms with Crippen molar-refractivity contribution in [1.29, 1.82) is 0 Å². The fourth-order valence-electron chi connectivity index (χ4n) is 2.19. The maximum absolute atomic E-state index is 12.9. The molecule has 2 heterocycles. The van der Waals surface area contributed by atoms with Gasteiger partial charge in [0.15, 0.2) is 0 Å². The summed E-state index contributed by atoms with van der Waals surface area (Å²) in [5.74, 6) is -0.533. The summed E-state index contributed by atoms with van der Waals surface area (Å²) in [6.07, 6.45) is 3.28. The minimum Gasteiger partial charge on any atom is -0.368 e. The number of primary amides is 1. The van der Waals surface area contributed by atoms with E-state index in [9.17, 15) is 14.0 Å². The number of carbonyl (C=O) groups excluding carboxylic acids is 2. The van der Waals surface area contributed by atoms with Gasteiger partial charge in [-0.3, -0.25) is 14.3 Å². The number of rotatable bonds is 7. The molecule has 10 heteroatoms. The van der Waals surface area contributed by atoms with Crippen LogP contribution >= 0.6 is 0 Å². The predicted molar refractivity (Wildman–Crippen MR) is 88.1 cm³/mol. The molecule has 2 aromatic heterocycles. The summed E-state index contributed by atoms with van der Waals surface area (Å²) in [5.41, 5.74) is 6.14. The average Bonchev–Trinajstić information content (AvgIpc) is 3.23. The van der Waals surface area contributed by atoms with Gasteiger partial charge in [0.25, 0.3) is 0 Å². The largest absolute Gasteiger partial charge is 0.368 e. The Hall–Kier alpha value is -3.56. The van der Waals surface area contributed by atoms with Crippen LogP contribution in [0.15, 0.2) is 41.2 Å². The zero-order valence-electron chi connectivity index (χ0n) is 13.6. The van der Waals surface area contributed by atoms with E-state index >= 15 is 0 Å². The van der Waals surface area contributed by atoms with Gasteiger partial charge in [0.05, 0.1) is 11.9 Å². The third kappa shape index (κ3) is 4.50. The summed E-state index contributed by atoms with van der Waals surface area (Å²) in [5, 5.41) is 10.4. The van der Waals surface area contributed by atoms with E-state index in [1.807, 2.05) is 0 Å². The van der Waals surface area contributed by atoms with Crippen molar-refractivity contribution >= 4 is 17.5 Å². The van der Waals surface area contributed by atoms with Crippen molar-refractivity contribution in [3.63, 3.8) is 0 Å². The Kier molecular flexibility index (Phi) is 5.02. The summed E-state index contributed by atoms with van der Waals surface area (Å²) in [7, 11) is 0. The molecule has 0 saturated heterocycles. The van der Waals surface area contributed by atoms with Crippen molar-refractivity contribution in [2.24, 2.45) is 5.73 Å². The van der Waals surface area contributed by atoms with Crippen LogP contribution in [-0.2, 0) is 22.6 Å². The lowest BCUT2D eigenvalue weighted by Gasteiger charge is -2.00. The van der Waals surface area contributed by atoms with Crippen LogP contribution in [0.5, 0.6) is 0 Å². The zero-order chi connectivity index (χ0) is 18.5. The predicted octanol–water partition coefficient (Wildman–Crippen LogP) is 1.13. The van der Waals surface area contributed by atoms with E-state index in [2.05, 4.69) is 20.6 Å². The van der Waals surface area contributed by atoms with Gasteiger partial charge in [-0.15, -0.1) is 0 Å². The van der Waals surface area contributed by atoms with Gasteiger partial charge in [-0.05, 0) is 24.3 Å². The van der Waals surface area contributed by atoms with Crippen LogP contribution in [0, 0.1) is 5.82 Å². The molecule has 0 bridgehead atoms. The molecule has 0 aliphatic rings. The Morgan fingerprint density at radius 3 is 2.77 bits per heavy atom. The molecule has 0 saturated carbocycles. The fourth-order valence-corrected chi connectivity index (χ4v) is 2.19. The molecule has 26 heavy (non-hydrogen) atoms. The molecule has 0 aliphatic heterocycles. The number of amides is 2. The quantitative estimate of drug-likeness (QED) is 0.651. The SMILES string of the molecule is NC(=O)Cn1cc(NC(=O)CCc2nc(-c3ccc(F)cc3)no2)cn1. The van der Waals surface area contributed by atoms with Crippen LogP contribution in [0.3, 0.4) is 0 Å². The first-order valence-corrected chi connectivity index (χ1v) is 7.69. The van der Waals surface area contributed by atoms with Crippen molar-refractivity contribution in [1.82, 2.24) is 19.9 Å². The number of hydrogen-bond acceptors (Lipinski definition) is 6. The number of benzene rings is 1. The van der Waals surface area contributed by atoms with E-state index in [0.29, 0.717) is 23.0 Å². The lowest BCUT2D eigenvalue weighted by atomic mass is 10.2. The number of nitrogens with two attached hydrogens (primary N) is 1. The van der Waals surface area contributed by atoms with Crippen molar-refractivity contribution < 1.29 is 18.5 Å². The van der Waals surface area contributed by atoms with Gasteiger partial charge in [0, 0.05) is 24.6 Å².